The molecular formula is C12H13F2NO2. The van der Waals surface area contributed by atoms with Gasteiger partial charge in [0.1, 0.15) is 0 Å². The Labute approximate surface area is 97.5 Å². The van der Waals surface area contributed by atoms with Crippen LogP contribution in [-0.4, -0.2) is 23.7 Å². The lowest BCUT2D eigenvalue weighted by Gasteiger charge is -2.31. The number of amides is 1. The first-order valence-corrected chi connectivity index (χ1v) is 5.47. The van der Waals surface area contributed by atoms with Crippen LogP contribution in [-0.2, 0) is 0 Å². The number of nitrogens with one attached hydrogen (secondary N) is 1. The summed E-state index contributed by atoms with van der Waals surface area (Å²) in [7, 11) is 0. The number of hydrogen-bond acceptors (Lipinski definition) is 2. The second-order valence-corrected chi connectivity index (χ2v) is 4.33. The molecule has 0 unspecified atom stereocenters. The summed E-state index contributed by atoms with van der Waals surface area (Å²) in [5.41, 5.74) is 0.101. The Morgan fingerprint density at radius 3 is 2.65 bits per heavy atom. The molecule has 1 aliphatic rings. The summed E-state index contributed by atoms with van der Waals surface area (Å²) in [6.07, 6.45) is 1.09. The van der Waals surface area contributed by atoms with Crippen LogP contribution in [0.15, 0.2) is 18.2 Å². The van der Waals surface area contributed by atoms with Crippen molar-refractivity contribution in [1.29, 1.82) is 0 Å². The molecule has 0 radical (unpaired) electrons. The van der Waals surface area contributed by atoms with Crippen molar-refractivity contribution in [3.05, 3.63) is 35.4 Å². The lowest BCUT2D eigenvalue weighted by Crippen LogP contribution is -2.38. The number of rotatable bonds is 3. The van der Waals surface area contributed by atoms with Crippen LogP contribution >= 0.6 is 0 Å². The van der Waals surface area contributed by atoms with Crippen molar-refractivity contribution in [1.82, 2.24) is 5.32 Å². The molecule has 5 heteroatoms. The summed E-state index contributed by atoms with van der Waals surface area (Å²) in [6, 6.07) is 3.04. The van der Waals surface area contributed by atoms with E-state index in [1.54, 1.807) is 0 Å². The van der Waals surface area contributed by atoms with Gasteiger partial charge in [-0.1, -0.05) is 0 Å². The van der Waals surface area contributed by atoms with Crippen molar-refractivity contribution in [3.8, 4) is 0 Å². The third-order valence-corrected chi connectivity index (χ3v) is 2.94. The third kappa shape index (κ3) is 2.79. The van der Waals surface area contributed by atoms with Gasteiger partial charge in [-0.05, 0) is 37.0 Å². The highest BCUT2D eigenvalue weighted by Gasteiger charge is 2.27. The smallest absolute Gasteiger partial charge is 0.251 e. The van der Waals surface area contributed by atoms with Crippen molar-refractivity contribution in [2.24, 2.45) is 5.92 Å². The monoisotopic (exact) mass is 241 g/mol. The van der Waals surface area contributed by atoms with Gasteiger partial charge >= 0.3 is 0 Å². The van der Waals surface area contributed by atoms with Gasteiger partial charge in [0, 0.05) is 12.1 Å². The molecule has 2 rings (SSSR count). The normalized spacial score (nSPS) is 23.0. The molecule has 1 fully saturated rings. The third-order valence-electron chi connectivity index (χ3n) is 2.94. The Bertz CT molecular complexity index is 431. The van der Waals surface area contributed by atoms with Gasteiger partial charge in [0.15, 0.2) is 11.6 Å². The van der Waals surface area contributed by atoms with Crippen molar-refractivity contribution in [3.63, 3.8) is 0 Å². The Kier molecular flexibility index (Phi) is 3.38. The molecule has 0 aromatic heterocycles. The number of carbonyl (C=O) groups excluding carboxylic acids is 1. The molecule has 0 saturated heterocycles. The fourth-order valence-corrected chi connectivity index (χ4v) is 1.84. The molecule has 0 bridgehead atoms. The van der Waals surface area contributed by atoms with E-state index < -0.39 is 17.5 Å². The summed E-state index contributed by atoms with van der Waals surface area (Å²) in [4.78, 5) is 11.6. The number of benzene rings is 1. The van der Waals surface area contributed by atoms with Crippen LogP contribution in [0.5, 0.6) is 0 Å². The van der Waals surface area contributed by atoms with Crippen LogP contribution in [0.3, 0.4) is 0 Å². The molecule has 92 valence electrons. The second kappa shape index (κ2) is 4.79. The van der Waals surface area contributed by atoms with E-state index in [1.807, 2.05) is 0 Å². The molecule has 1 aromatic rings. The molecule has 0 heterocycles. The average molecular weight is 241 g/mol. The zero-order valence-corrected chi connectivity index (χ0v) is 9.12. The van der Waals surface area contributed by atoms with Crippen LogP contribution in [0.2, 0.25) is 0 Å². The minimum atomic E-state index is -1.03. The zero-order chi connectivity index (χ0) is 12.4. The highest BCUT2D eigenvalue weighted by Crippen LogP contribution is 2.26. The molecule has 2 N–H and O–H groups in total. The minimum absolute atomic E-state index is 0.101. The lowest BCUT2D eigenvalue weighted by atomic mass is 9.82. The summed E-state index contributed by atoms with van der Waals surface area (Å²) < 4.78 is 25.5. The molecular weight excluding hydrogens is 228 g/mol. The largest absolute Gasteiger partial charge is 0.393 e. The van der Waals surface area contributed by atoms with Crippen LogP contribution in [0, 0.1) is 17.6 Å². The summed E-state index contributed by atoms with van der Waals surface area (Å²) in [5, 5.41) is 11.7. The Balaban J connectivity index is 1.88. The maximum atomic E-state index is 12.9. The molecule has 1 aliphatic carbocycles. The van der Waals surface area contributed by atoms with E-state index in [4.69, 9.17) is 5.11 Å². The molecule has 0 spiro atoms. The van der Waals surface area contributed by atoms with Crippen molar-refractivity contribution >= 4 is 5.91 Å². The van der Waals surface area contributed by atoms with Gasteiger partial charge in [0.25, 0.3) is 5.91 Å². The maximum absolute atomic E-state index is 12.9. The minimum Gasteiger partial charge on any atom is -0.393 e. The number of halogens is 2. The summed E-state index contributed by atoms with van der Waals surface area (Å²) in [5.74, 6) is -2.15. The molecule has 1 amide bonds. The van der Waals surface area contributed by atoms with Gasteiger partial charge in [-0.2, -0.15) is 0 Å². The molecule has 1 saturated carbocycles. The first kappa shape index (κ1) is 12.0. The Morgan fingerprint density at radius 2 is 2.06 bits per heavy atom. The molecule has 0 aliphatic heterocycles. The SMILES string of the molecule is O=C(NCC1CC(O)C1)c1ccc(F)c(F)c1. The first-order chi connectivity index (χ1) is 8.06. The van der Waals surface area contributed by atoms with E-state index >= 15 is 0 Å². The second-order valence-electron chi connectivity index (χ2n) is 4.33. The Morgan fingerprint density at radius 1 is 1.35 bits per heavy atom. The van der Waals surface area contributed by atoms with Gasteiger partial charge in [0.05, 0.1) is 6.10 Å². The molecule has 17 heavy (non-hydrogen) atoms. The predicted molar refractivity (Wildman–Crippen MR) is 57.4 cm³/mol. The van der Waals surface area contributed by atoms with Crippen LogP contribution < -0.4 is 5.32 Å². The maximum Gasteiger partial charge on any atom is 0.251 e. The number of aliphatic hydroxyl groups is 1. The predicted octanol–water partition coefficient (Wildman–Crippen LogP) is 1.47. The van der Waals surface area contributed by atoms with Crippen molar-refractivity contribution in [2.45, 2.75) is 18.9 Å². The van der Waals surface area contributed by atoms with Gasteiger partial charge in [-0.15, -0.1) is 0 Å². The standard InChI is InChI=1S/C12H13F2NO2/c13-10-2-1-8(5-11(10)14)12(17)15-6-7-3-9(16)4-7/h1-2,5,7,9,16H,3-4,6H2,(H,15,17). The van der Waals surface area contributed by atoms with E-state index in [0.29, 0.717) is 19.4 Å². The van der Waals surface area contributed by atoms with Crippen molar-refractivity contribution in [2.75, 3.05) is 6.54 Å². The van der Waals surface area contributed by atoms with Crippen LogP contribution in [0.1, 0.15) is 23.2 Å². The van der Waals surface area contributed by atoms with E-state index in [0.717, 1.165) is 12.1 Å². The fraction of sp³-hybridized carbons (Fsp3) is 0.417. The Hall–Kier alpha value is -1.49. The highest BCUT2D eigenvalue weighted by molar-refractivity contribution is 5.94. The molecule has 3 nitrogen and oxygen atoms in total. The van der Waals surface area contributed by atoms with Gasteiger partial charge in [-0.3, -0.25) is 4.79 Å². The van der Waals surface area contributed by atoms with Crippen LogP contribution in [0.25, 0.3) is 0 Å². The summed E-state index contributed by atoms with van der Waals surface area (Å²) in [6.45, 7) is 0.453. The number of aliphatic hydroxyl groups excluding tert-OH is 1. The molecule has 1 aromatic carbocycles. The lowest BCUT2D eigenvalue weighted by molar-refractivity contribution is 0.0420. The summed E-state index contributed by atoms with van der Waals surface area (Å²) >= 11 is 0. The van der Waals surface area contributed by atoms with Gasteiger partial charge in [-0.25, -0.2) is 8.78 Å². The van der Waals surface area contributed by atoms with Gasteiger partial charge in [0.2, 0.25) is 0 Å². The van der Waals surface area contributed by atoms with E-state index in [1.165, 1.54) is 6.07 Å². The zero-order valence-electron chi connectivity index (χ0n) is 9.12. The first-order valence-electron chi connectivity index (χ1n) is 5.47. The van der Waals surface area contributed by atoms with Crippen LogP contribution in [0.4, 0.5) is 8.78 Å². The van der Waals surface area contributed by atoms with Gasteiger partial charge < -0.3 is 10.4 Å². The molecule has 0 atom stereocenters. The number of carbonyl (C=O) groups is 1. The van der Waals surface area contributed by atoms with Crippen molar-refractivity contribution < 1.29 is 18.7 Å². The quantitative estimate of drug-likeness (QED) is 0.841. The van der Waals surface area contributed by atoms with E-state index in [9.17, 15) is 13.6 Å². The highest BCUT2D eigenvalue weighted by atomic mass is 19.2. The van der Waals surface area contributed by atoms with E-state index in [2.05, 4.69) is 5.32 Å². The average Bonchev–Trinajstić information content (AvgIpc) is 2.26. The number of hydrogen-bond donors (Lipinski definition) is 2. The van der Waals surface area contributed by atoms with E-state index in [-0.39, 0.29) is 17.6 Å². The fourth-order valence-electron chi connectivity index (χ4n) is 1.84. The topological polar surface area (TPSA) is 49.3 Å².